The van der Waals surface area contributed by atoms with E-state index in [-0.39, 0.29) is 11.7 Å². The summed E-state index contributed by atoms with van der Waals surface area (Å²) < 4.78 is 0. The van der Waals surface area contributed by atoms with Crippen molar-refractivity contribution in [2.24, 2.45) is 0 Å². The topological polar surface area (TPSA) is 69.8 Å². The number of aliphatic hydroxyl groups excluding tert-OH is 1. The third-order valence-electron chi connectivity index (χ3n) is 3.43. The molecule has 5 nitrogen and oxygen atoms in total. The van der Waals surface area contributed by atoms with Crippen LogP contribution in [0.4, 0.5) is 5.69 Å². The van der Waals surface area contributed by atoms with Crippen molar-refractivity contribution < 1.29 is 9.90 Å². The summed E-state index contributed by atoms with van der Waals surface area (Å²) in [7, 11) is 5.54. The van der Waals surface area contributed by atoms with Crippen LogP contribution in [-0.2, 0) is 11.2 Å². The summed E-state index contributed by atoms with van der Waals surface area (Å²) in [6.45, 7) is 12.3. The molecular weight excluding hydrogens is 314 g/mol. The highest BCUT2D eigenvalue weighted by molar-refractivity contribution is 5.76. The second-order valence-corrected chi connectivity index (χ2v) is 5.51. The molecule has 0 spiro atoms. The Bertz CT molecular complexity index is 484. The van der Waals surface area contributed by atoms with Gasteiger partial charge in [0.1, 0.15) is 5.76 Å². The van der Waals surface area contributed by atoms with Gasteiger partial charge in [0.15, 0.2) is 0 Å². The third-order valence-corrected chi connectivity index (χ3v) is 3.43. The van der Waals surface area contributed by atoms with E-state index in [0.717, 1.165) is 5.56 Å². The van der Waals surface area contributed by atoms with E-state index in [1.807, 2.05) is 58.8 Å². The zero-order chi connectivity index (χ0) is 20.0. The number of rotatable bonds is 7. The van der Waals surface area contributed by atoms with Crippen LogP contribution >= 0.6 is 0 Å². The molecule has 0 radical (unpaired) electrons. The van der Waals surface area contributed by atoms with Gasteiger partial charge in [0, 0.05) is 32.1 Å². The maximum atomic E-state index is 12.2. The van der Waals surface area contributed by atoms with Crippen LogP contribution in [0.2, 0.25) is 0 Å². The fraction of sp³-hybridized carbons (Fsp3) is 0.550. The highest BCUT2D eigenvalue weighted by Crippen LogP contribution is 2.15. The minimum Gasteiger partial charge on any atom is -0.511 e. The first-order chi connectivity index (χ1) is 11.8. The van der Waals surface area contributed by atoms with Gasteiger partial charge in [-0.2, -0.15) is 0 Å². The van der Waals surface area contributed by atoms with Crippen molar-refractivity contribution in [3.8, 4) is 0 Å². The quantitative estimate of drug-likeness (QED) is 0.580. The number of anilines is 1. The number of aliphatic hydroxyl groups is 1. The molecule has 1 aromatic rings. The lowest BCUT2D eigenvalue weighted by atomic mass is 10.0. The molecule has 0 fully saturated rings. The number of hydrogen-bond donors (Lipinski definition) is 2. The zero-order valence-electron chi connectivity index (χ0n) is 17.0. The lowest BCUT2D eigenvalue weighted by Gasteiger charge is -2.28. The van der Waals surface area contributed by atoms with Gasteiger partial charge in [-0.25, -0.2) is 0 Å². The summed E-state index contributed by atoms with van der Waals surface area (Å²) >= 11 is 0. The van der Waals surface area contributed by atoms with Gasteiger partial charge in [0.25, 0.3) is 0 Å². The molecular formula is C20H37N3O2. The van der Waals surface area contributed by atoms with Gasteiger partial charge >= 0.3 is 0 Å². The minimum absolute atomic E-state index is 0.00692. The van der Waals surface area contributed by atoms with Crippen LogP contribution in [0, 0.1) is 0 Å². The van der Waals surface area contributed by atoms with Crippen molar-refractivity contribution in [3.05, 3.63) is 42.2 Å². The molecule has 1 amide bonds. The fourth-order valence-electron chi connectivity index (χ4n) is 2.02. The van der Waals surface area contributed by atoms with E-state index in [4.69, 9.17) is 5.73 Å². The van der Waals surface area contributed by atoms with Gasteiger partial charge in [0.2, 0.25) is 5.91 Å². The Hall–Kier alpha value is -2.01. The van der Waals surface area contributed by atoms with Crippen molar-refractivity contribution >= 4 is 11.6 Å². The molecule has 0 bridgehead atoms. The smallest absolute Gasteiger partial charge is 0.224 e. The van der Waals surface area contributed by atoms with Crippen LogP contribution in [0.25, 0.3) is 0 Å². The second-order valence-electron chi connectivity index (χ2n) is 5.51. The summed E-state index contributed by atoms with van der Waals surface area (Å²) in [5.41, 5.74) is 7.34. The molecule has 0 aliphatic heterocycles. The molecule has 0 aromatic heterocycles. The summed E-state index contributed by atoms with van der Waals surface area (Å²) in [5, 5.41) is 9.80. The van der Waals surface area contributed by atoms with Crippen molar-refractivity contribution in [2.45, 2.75) is 46.6 Å². The maximum Gasteiger partial charge on any atom is 0.224 e. The average molecular weight is 352 g/mol. The fourth-order valence-corrected chi connectivity index (χ4v) is 2.02. The molecule has 0 aliphatic rings. The van der Waals surface area contributed by atoms with E-state index in [1.54, 1.807) is 24.1 Å². The summed E-state index contributed by atoms with van der Waals surface area (Å²) in [4.78, 5) is 15.7. The molecule has 144 valence electrons. The Labute approximate surface area is 154 Å². The Morgan fingerprint density at radius 2 is 1.60 bits per heavy atom. The third kappa shape index (κ3) is 10.5. The van der Waals surface area contributed by atoms with Gasteiger partial charge < -0.3 is 20.6 Å². The average Bonchev–Trinajstić information content (AvgIpc) is 2.61. The van der Waals surface area contributed by atoms with Crippen LogP contribution in [-0.4, -0.2) is 54.5 Å². The van der Waals surface area contributed by atoms with E-state index in [0.29, 0.717) is 25.1 Å². The van der Waals surface area contributed by atoms with E-state index >= 15 is 0 Å². The van der Waals surface area contributed by atoms with Crippen LogP contribution < -0.4 is 5.73 Å². The van der Waals surface area contributed by atoms with Crippen molar-refractivity contribution in [3.63, 3.8) is 0 Å². The highest BCUT2D eigenvalue weighted by Gasteiger charge is 2.22. The van der Waals surface area contributed by atoms with Crippen molar-refractivity contribution in [1.29, 1.82) is 0 Å². The Balaban J connectivity index is 0. The number of amides is 1. The summed E-state index contributed by atoms with van der Waals surface area (Å²) in [6.07, 6.45) is 0.925. The molecule has 5 heteroatoms. The number of carbonyl (C=O) groups is 1. The molecule has 1 aromatic carbocycles. The van der Waals surface area contributed by atoms with Crippen molar-refractivity contribution in [1.82, 2.24) is 9.80 Å². The van der Waals surface area contributed by atoms with Gasteiger partial charge in [-0.1, -0.05) is 46.4 Å². The number of nitrogens with two attached hydrogens (primary N) is 1. The first kappa shape index (κ1) is 25.2. The molecule has 1 atom stereocenters. The van der Waals surface area contributed by atoms with Gasteiger partial charge in [0.05, 0.1) is 6.04 Å². The zero-order valence-corrected chi connectivity index (χ0v) is 17.0. The standard InChI is InChI=1S/C16H25N3O2.2C2H6/c1-12(20)15(11-13-5-7-14(17)8-6-13)19(4)16(21)9-10-18(2)3;2*1-2/h5-8,15,20H,1,9-11,17H2,2-4H3;2*1-2H3/t15-;;/m0../s1. The number of likely N-dealkylation sites (N-methyl/N-ethyl adjacent to an activating group) is 1. The van der Waals surface area contributed by atoms with Gasteiger partial charge in [-0.3, -0.25) is 4.79 Å². The maximum absolute atomic E-state index is 12.2. The van der Waals surface area contributed by atoms with E-state index < -0.39 is 6.04 Å². The number of nitrogens with zero attached hydrogens (tertiary/aromatic N) is 2. The van der Waals surface area contributed by atoms with Crippen LogP contribution in [0.5, 0.6) is 0 Å². The lowest BCUT2D eigenvalue weighted by molar-refractivity contribution is -0.132. The Morgan fingerprint density at radius 1 is 1.12 bits per heavy atom. The Kier molecular flexibility index (Phi) is 14.5. The van der Waals surface area contributed by atoms with Crippen molar-refractivity contribution in [2.75, 3.05) is 33.4 Å². The van der Waals surface area contributed by atoms with E-state index in [1.165, 1.54) is 0 Å². The molecule has 1 rings (SSSR count). The molecule has 3 N–H and O–H groups in total. The Morgan fingerprint density at radius 3 is 2.00 bits per heavy atom. The molecule has 0 unspecified atom stereocenters. The number of hydrogen-bond acceptors (Lipinski definition) is 4. The second kappa shape index (κ2) is 14.3. The largest absolute Gasteiger partial charge is 0.511 e. The summed E-state index contributed by atoms with van der Waals surface area (Å²) in [5.74, 6) is -0.0214. The number of benzene rings is 1. The summed E-state index contributed by atoms with van der Waals surface area (Å²) in [6, 6.07) is 6.97. The SMILES string of the molecule is C=C(O)[C@H](Cc1ccc(N)cc1)N(C)C(=O)CCN(C)C.CC.CC. The predicted molar refractivity (Wildman–Crippen MR) is 109 cm³/mol. The van der Waals surface area contributed by atoms with E-state index in [9.17, 15) is 9.90 Å². The first-order valence-electron chi connectivity index (χ1n) is 8.94. The van der Waals surface area contributed by atoms with E-state index in [2.05, 4.69) is 6.58 Å². The van der Waals surface area contributed by atoms with Crippen LogP contribution in [0.3, 0.4) is 0 Å². The monoisotopic (exact) mass is 351 g/mol. The molecule has 25 heavy (non-hydrogen) atoms. The lowest BCUT2D eigenvalue weighted by Crippen LogP contribution is -2.40. The first-order valence-corrected chi connectivity index (χ1v) is 8.94. The molecule has 0 aliphatic carbocycles. The molecule has 0 saturated heterocycles. The molecule has 0 heterocycles. The number of carbonyl (C=O) groups excluding carboxylic acids is 1. The normalized spacial score (nSPS) is 10.7. The van der Waals surface area contributed by atoms with Gasteiger partial charge in [-0.15, -0.1) is 0 Å². The molecule has 0 saturated carbocycles. The minimum atomic E-state index is -0.428. The predicted octanol–water partition coefficient (Wildman–Crippen LogP) is 3.71. The van der Waals surface area contributed by atoms with Gasteiger partial charge in [-0.05, 0) is 31.8 Å². The van der Waals surface area contributed by atoms with Crippen LogP contribution in [0.15, 0.2) is 36.6 Å². The highest BCUT2D eigenvalue weighted by atomic mass is 16.3. The number of nitrogen functional groups attached to an aromatic ring is 1. The van der Waals surface area contributed by atoms with Crippen LogP contribution in [0.1, 0.15) is 39.7 Å².